The summed E-state index contributed by atoms with van der Waals surface area (Å²) in [7, 11) is 0. The molecule has 1 aliphatic rings. The first kappa shape index (κ1) is 11.9. The molecular formula is C14H15N3O2. The van der Waals surface area contributed by atoms with Crippen molar-refractivity contribution in [1.29, 1.82) is 0 Å². The monoisotopic (exact) mass is 257 g/mol. The summed E-state index contributed by atoms with van der Waals surface area (Å²) >= 11 is 0. The highest BCUT2D eigenvalue weighted by Gasteiger charge is 2.33. The van der Waals surface area contributed by atoms with Crippen LogP contribution in [0.1, 0.15) is 40.5 Å². The van der Waals surface area contributed by atoms with Crippen LogP contribution in [0.2, 0.25) is 0 Å². The van der Waals surface area contributed by atoms with E-state index in [0.717, 1.165) is 25.0 Å². The lowest BCUT2D eigenvalue weighted by Crippen LogP contribution is -2.09. The largest absolute Gasteiger partial charge is 0.476 e. The quantitative estimate of drug-likeness (QED) is 0.890. The summed E-state index contributed by atoms with van der Waals surface area (Å²) in [6.45, 7) is 0.677. The second-order valence-electron chi connectivity index (χ2n) is 4.86. The van der Waals surface area contributed by atoms with E-state index in [4.69, 9.17) is 5.11 Å². The van der Waals surface area contributed by atoms with Crippen molar-refractivity contribution in [2.75, 3.05) is 0 Å². The van der Waals surface area contributed by atoms with Gasteiger partial charge in [0.2, 0.25) is 0 Å². The standard InChI is InChI=1S/C14H15N3O2/c18-14(19)12-13(11-6-7-11)17(16-15-12)9-8-10-4-2-1-3-5-10/h1-5,11H,6-9H2,(H,18,19). The molecule has 1 aliphatic carbocycles. The van der Waals surface area contributed by atoms with Gasteiger partial charge in [0.1, 0.15) is 0 Å². The highest BCUT2D eigenvalue weighted by Crippen LogP contribution is 2.41. The summed E-state index contributed by atoms with van der Waals surface area (Å²) in [5.41, 5.74) is 2.13. The van der Waals surface area contributed by atoms with E-state index in [2.05, 4.69) is 22.4 Å². The number of rotatable bonds is 5. The Bertz CT molecular complexity index is 588. The topological polar surface area (TPSA) is 68.0 Å². The molecule has 0 amide bonds. The molecule has 0 unspecified atom stereocenters. The summed E-state index contributed by atoms with van der Waals surface area (Å²) in [6, 6.07) is 10.1. The summed E-state index contributed by atoms with van der Waals surface area (Å²) in [6.07, 6.45) is 2.92. The molecule has 1 aromatic heterocycles. The normalized spacial score (nSPS) is 14.5. The second-order valence-corrected chi connectivity index (χ2v) is 4.86. The van der Waals surface area contributed by atoms with E-state index in [9.17, 15) is 4.79 Å². The smallest absolute Gasteiger partial charge is 0.358 e. The van der Waals surface area contributed by atoms with Crippen LogP contribution in [0.5, 0.6) is 0 Å². The lowest BCUT2D eigenvalue weighted by molar-refractivity contribution is 0.0689. The van der Waals surface area contributed by atoms with Gasteiger partial charge in [0, 0.05) is 12.5 Å². The van der Waals surface area contributed by atoms with E-state index in [1.54, 1.807) is 4.68 Å². The molecule has 1 heterocycles. The summed E-state index contributed by atoms with van der Waals surface area (Å²) in [5.74, 6) is -0.648. The molecule has 98 valence electrons. The summed E-state index contributed by atoms with van der Waals surface area (Å²) in [4.78, 5) is 11.1. The van der Waals surface area contributed by atoms with Gasteiger partial charge in [0.15, 0.2) is 5.69 Å². The average Bonchev–Trinajstić information content (AvgIpc) is 3.17. The van der Waals surface area contributed by atoms with Crippen LogP contribution in [0, 0.1) is 0 Å². The van der Waals surface area contributed by atoms with E-state index in [1.165, 1.54) is 5.56 Å². The van der Waals surface area contributed by atoms with E-state index in [1.807, 2.05) is 18.2 Å². The lowest BCUT2D eigenvalue weighted by atomic mass is 10.1. The number of carboxylic acid groups (broad SMARTS) is 1. The van der Waals surface area contributed by atoms with Crippen molar-refractivity contribution in [3.05, 3.63) is 47.3 Å². The number of benzene rings is 1. The highest BCUT2D eigenvalue weighted by molar-refractivity contribution is 5.86. The zero-order valence-corrected chi connectivity index (χ0v) is 10.5. The number of hydrogen-bond donors (Lipinski definition) is 1. The Hall–Kier alpha value is -2.17. The number of aromatic carboxylic acids is 1. The van der Waals surface area contributed by atoms with E-state index in [0.29, 0.717) is 12.5 Å². The van der Waals surface area contributed by atoms with E-state index < -0.39 is 5.97 Å². The highest BCUT2D eigenvalue weighted by atomic mass is 16.4. The van der Waals surface area contributed by atoms with Crippen molar-refractivity contribution in [2.24, 2.45) is 0 Å². The third-order valence-electron chi connectivity index (χ3n) is 3.40. The molecule has 5 nitrogen and oxygen atoms in total. The lowest BCUT2D eigenvalue weighted by Gasteiger charge is -2.06. The van der Waals surface area contributed by atoms with Crippen LogP contribution in [-0.2, 0) is 13.0 Å². The Morgan fingerprint density at radius 3 is 2.68 bits per heavy atom. The Morgan fingerprint density at radius 1 is 1.32 bits per heavy atom. The van der Waals surface area contributed by atoms with Crippen LogP contribution in [0.15, 0.2) is 30.3 Å². The van der Waals surface area contributed by atoms with Crippen molar-refractivity contribution in [3.63, 3.8) is 0 Å². The van der Waals surface area contributed by atoms with Crippen LogP contribution >= 0.6 is 0 Å². The molecule has 3 rings (SSSR count). The minimum atomic E-state index is -0.979. The SMILES string of the molecule is O=C(O)c1nnn(CCc2ccccc2)c1C1CC1. The van der Waals surface area contributed by atoms with Gasteiger partial charge in [-0.05, 0) is 24.8 Å². The molecule has 19 heavy (non-hydrogen) atoms. The molecular weight excluding hydrogens is 242 g/mol. The van der Waals surface area contributed by atoms with Gasteiger partial charge in [-0.1, -0.05) is 35.5 Å². The van der Waals surface area contributed by atoms with E-state index in [-0.39, 0.29) is 5.69 Å². The Morgan fingerprint density at radius 2 is 2.05 bits per heavy atom. The van der Waals surface area contributed by atoms with Gasteiger partial charge >= 0.3 is 5.97 Å². The number of nitrogens with zero attached hydrogens (tertiary/aromatic N) is 3. The molecule has 1 fully saturated rings. The van der Waals surface area contributed by atoms with Gasteiger partial charge in [-0.25, -0.2) is 9.48 Å². The predicted octanol–water partition coefficient (Wildman–Crippen LogP) is 2.10. The van der Waals surface area contributed by atoms with Crippen molar-refractivity contribution in [3.8, 4) is 0 Å². The maximum absolute atomic E-state index is 11.1. The van der Waals surface area contributed by atoms with Crippen LogP contribution < -0.4 is 0 Å². The average molecular weight is 257 g/mol. The summed E-state index contributed by atoms with van der Waals surface area (Å²) < 4.78 is 1.76. The van der Waals surface area contributed by atoms with Crippen molar-refractivity contribution >= 4 is 5.97 Å². The van der Waals surface area contributed by atoms with Gasteiger partial charge in [-0.2, -0.15) is 0 Å². The van der Waals surface area contributed by atoms with Crippen molar-refractivity contribution in [2.45, 2.75) is 31.7 Å². The minimum Gasteiger partial charge on any atom is -0.476 e. The second kappa shape index (κ2) is 4.84. The predicted molar refractivity (Wildman–Crippen MR) is 69.1 cm³/mol. The van der Waals surface area contributed by atoms with Crippen LogP contribution in [-0.4, -0.2) is 26.1 Å². The molecule has 1 saturated carbocycles. The molecule has 1 aromatic carbocycles. The van der Waals surface area contributed by atoms with Crippen LogP contribution in [0.3, 0.4) is 0 Å². The molecule has 5 heteroatoms. The Balaban J connectivity index is 1.79. The third-order valence-corrected chi connectivity index (χ3v) is 3.40. The fourth-order valence-electron chi connectivity index (χ4n) is 2.28. The first-order valence-corrected chi connectivity index (χ1v) is 6.46. The number of aromatic nitrogens is 3. The minimum absolute atomic E-state index is 0.121. The molecule has 0 radical (unpaired) electrons. The molecule has 2 aromatic rings. The maximum atomic E-state index is 11.1. The van der Waals surface area contributed by atoms with Crippen LogP contribution in [0.25, 0.3) is 0 Å². The first-order valence-electron chi connectivity index (χ1n) is 6.46. The molecule has 1 N–H and O–H groups in total. The van der Waals surface area contributed by atoms with Crippen LogP contribution in [0.4, 0.5) is 0 Å². The number of carboxylic acids is 1. The van der Waals surface area contributed by atoms with Crippen molar-refractivity contribution < 1.29 is 9.90 Å². The Labute approximate surface area is 110 Å². The van der Waals surface area contributed by atoms with Crippen molar-refractivity contribution in [1.82, 2.24) is 15.0 Å². The molecule has 0 atom stereocenters. The van der Waals surface area contributed by atoms with Gasteiger partial charge < -0.3 is 5.11 Å². The fraction of sp³-hybridized carbons (Fsp3) is 0.357. The number of carbonyl (C=O) groups is 1. The molecule has 0 spiro atoms. The fourth-order valence-corrected chi connectivity index (χ4v) is 2.28. The van der Waals surface area contributed by atoms with Gasteiger partial charge in [0.25, 0.3) is 0 Å². The summed E-state index contributed by atoms with van der Waals surface area (Å²) in [5, 5.41) is 16.9. The van der Waals surface area contributed by atoms with Gasteiger partial charge in [-0.15, -0.1) is 5.10 Å². The maximum Gasteiger partial charge on any atom is 0.358 e. The molecule has 0 bridgehead atoms. The molecule has 0 saturated heterocycles. The number of aryl methyl sites for hydroxylation is 2. The van der Waals surface area contributed by atoms with Gasteiger partial charge in [0.05, 0.1) is 5.69 Å². The Kier molecular flexibility index (Phi) is 3.03. The third kappa shape index (κ3) is 2.50. The van der Waals surface area contributed by atoms with Gasteiger partial charge in [-0.3, -0.25) is 0 Å². The molecule has 0 aliphatic heterocycles. The van der Waals surface area contributed by atoms with E-state index >= 15 is 0 Å². The number of hydrogen-bond acceptors (Lipinski definition) is 3. The zero-order chi connectivity index (χ0) is 13.2. The zero-order valence-electron chi connectivity index (χ0n) is 10.5. The first-order chi connectivity index (χ1) is 9.25.